The lowest BCUT2D eigenvalue weighted by atomic mass is 10.1. The SMILES string of the molecule is COCCC(=O)N1CCc2c(N)cccc21. The predicted octanol–water partition coefficient (Wildman–Crippen LogP) is 1.19. The molecule has 86 valence electrons. The number of nitrogens with zero attached hydrogens (tertiary/aromatic N) is 1. The molecule has 0 radical (unpaired) electrons. The molecule has 2 rings (SSSR count). The van der Waals surface area contributed by atoms with Gasteiger partial charge >= 0.3 is 0 Å². The van der Waals surface area contributed by atoms with Crippen molar-refractivity contribution in [3.63, 3.8) is 0 Å². The lowest BCUT2D eigenvalue weighted by Gasteiger charge is -2.17. The van der Waals surface area contributed by atoms with Crippen LogP contribution in [0.1, 0.15) is 12.0 Å². The fourth-order valence-corrected chi connectivity index (χ4v) is 2.04. The Morgan fingerprint density at radius 1 is 1.56 bits per heavy atom. The van der Waals surface area contributed by atoms with Crippen molar-refractivity contribution in [1.82, 2.24) is 0 Å². The van der Waals surface area contributed by atoms with Crippen LogP contribution in [0.3, 0.4) is 0 Å². The smallest absolute Gasteiger partial charge is 0.229 e. The Hall–Kier alpha value is -1.55. The van der Waals surface area contributed by atoms with Crippen molar-refractivity contribution in [2.24, 2.45) is 0 Å². The number of hydrogen-bond donors (Lipinski definition) is 1. The first-order valence-corrected chi connectivity index (χ1v) is 5.40. The van der Waals surface area contributed by atoms with Gasteiger partial charge in [0.05, 0.1) is 13.0 Å². The topological polar surface area (TPSA) is 55.6 Å². The molecule has 0 saturated heterocycles. The second kappa shape index (κ2) is 4.53. The summed E-state index contributed by atoms with van der Waals surface area (Å²) in [4.78, 5) is 13.7. The van der Waals surface area contributed by atoms with Gasteiger partial charge in [0.25, 0.3) is 0 Å². The number of fused-ring (bicyclic) bond motifs is 1. The van der Waals surface area contributed by atoms with E-state index in [4.69, 9.17) is 10.5 Å². The normalized spacial score (nSPS) is 13.9. The lowest BCUT2D eigenvalue weighted by molar-refractivity contribution is -0.119. The maximum absolute atomic E-state index is 11.9. The minimum atomic E-state index is 0.103. The number of anilines is 2. The Kier molecular flexibility index (Phi) is 3.10. The Bertz CT molecular complexity index is 404. The van der Waals surface area contributed by atoms with Gasteiger partial charge in [0.2, 0.25) is 5.91 Å². The largest absolute Gasteiger partial charge is 0.398 e. The Balaban J connectivity index is 2.17. The fraction of sp³-hybridized carbons (Fsp3) is 0.417. The molecule has 4 nitrogen and oxygen atoms in total. The van der Waals surface area contributed by atoms with Crippen LogP contribution in [-0.2, 0) is 16.0 Å². The molecule has 1 amide bonds. The lowest BCUT2D eigenvalue weighted by Crippen LogP contribution is -2.29. The van der Waals surface area contributed by atoms with Crippen LogP contribution in [0.15, 0.2) is 18.2 Å². The Labute approximate surface area is 95.0 Å². The molecule has 16 heavy (non-hydrogen) atoms. The maximum atomic E-state index is 11.9. The number of amides is 1. The predicted molar refractivity (Wildman–Crippen MR) is 63.4 cm³/mol. The Morgan fingerprint density at radius 3 is 3.12 bits per heavy atom. The number of hydrogen-bond acceptors (Lipinski definition) is 3. The molecule has 0 saturated carbocycles. The van der Waals surface area contributed by atoms with Gasteiger partial charge in [-0.05, 0) is 18.6 Å². The standard InChI is InChI=1S/C12H16N2O2/c1-16-8-6-12(15)14-7-5-9-10(13)3-2-4-11(9)14/h2-4H,5-8,13H2,1H3. The molecule has 2 N–H and O–H groups in total. The molecule has 0 spiro atoms. The van der Waals surface area contributed by atoms with Crippen LogP contribution in [0, 0.1) is 0 Å². The highest BCUT2D eigenvalue weighted by Crippen LogP contribution is 2.32. The highest BCUT2D eigenvalue weighted by molar-refractivity contribution is 5.96. The minimum absolute atomic E-state index is 0.103. The number of ether oxygens (including phenoxy) is 1. The first kappa shape index (κ1) is 11.0. The summed E-state index contributed by atoms with van der Waals surface area (Å²) in [6.45, 7) is 1.19. The van der Waals surface area contributed by atoms with E-state index >= 15 is 0 Å². The summed E-state index contributed by atoms with van der Waals surface area (Å²) in [5.74, 6) is 0.103. The van der Waals surface area contributed by atoms with Crippen LogP contribution in [0.5, 0.6) is 0 Å². The van der Waals surface area contributed by atoms with Crippen LogP contribution in [0.2, 0.25) is 0 Å². The van der Waals surface area contributed by atoms with E-state index in [1.807, 2.05) is 18.2 Å². The molecule has 1 aliphatic rings. The number of nitrogen functional groups attached to an aromatic ring is 1. The number of rotatable bonds is 3. The van der Waals surface area contributed by atoms with Crippen molar-refractivity contribution in [3.05, 3.63) is 23.8 Å². The highest BCUT2D eigenvalue weighted by Gasteiger charge is 2.25. The van der Waals surface area contributed by atoms with Crippen LogP contribution in [-0.4, -0.2) is 26.2 Å². The average Bonchev–Trinajstić information content (AvgIpc) is 2.71. The quantitative estimate of drug-likeness (QED) is 0.778. The van der Waals surface area contributed by atoms with Crippen molar-refractivity contribution in [3.8, 4) is 0 Å². The van der Waals surface area contributed by atoms with Crippen molar-refractivity contribution < 1.29 is 9.53 Å². The summed E-state index contributed by atoms with van der Waals surface area (Å²) >= 11 is 0. The maximum Gasteiger partial charge on any atom is 0.229 e. The number of carbonyl (C=O) groups excluding carboxylic acids is 1. The summed E-state index contributed by atoms with van der Waals surface area (Å²) < 4.78 is 4.91. The van der Waals surface area contributed by atoms with E-state index in [1.165, 1.54) is 0 Å². The summed E-state index contributed by atoms with van der Waals surface area (Å²) in [6, 6.07) is 5.71. The molecule has 1 heterocycles. The summed E-state index contributed by atoms with van der Waals surface area (Å²) in [5, 5.41) is 0. The summed E-state index contributed by atoms with van der Waals surface area (Å²) in [6.07, 6.45) is 1.27. The third kappa shape index (κ3) is 1.88. The second-order valence-corrected chi connectivity index (χ2v) is 3.88. The van der Waals surface area contributed by atoms with Gasteiger partial charge in [0.15, 0.2) is 0 Å². The van der Waals surface area contributed by atoms with Gasteiger partial charge in [-0.15, -0.1) is 0 Å². The zero-order chi connectivity index (χ0) is 11.5. The molecule has 0 bridgehead atoms. The monoisotopic (exact) mass is 220 g/mol. The third-order valence-corrected chi connectivity index (χ3v) is 2.88. The van der Waals surface area contributed by atoms with Crippen LogP contribution in [0.25, 0.3) is 0 Å². The summed E-state index contributed by atoms with van der Waals surface area (Å²) in [5.41, 5.74) is 8.70. The van der Waals surface area contributed by atoms with Gasteiger partial charge in [-0.1, -0.05) is 6.07 Å². The zero-order valence-corrected chi connectivity index (χ0v) is 9.40. The van der Waals surface area contributed by atoms with Crippen molar-refractivity contribution in [1.29, 1.82) is 0 Å². The second-order valence-electron chi connectivity index (χ2n) is 3.88. The van der Waals surface area contributed by atoms with Gasteiger partial charge in [-0.2, -0.15) is 0 Å². The Morgan fingerprint density at radius 2 is 2.38 bits per heavy atom. The molecular formula is C12H16N2O2. The van der Waals surface area contributed by atoms with Gasteiger partial charge in [0, 0.05) is 30.6 Å². The molecule has 1 aromatic carbocycles. The molecule has 1 aromatic rings. The van der Waals surface area contributed by atoms with E-state index in [0.29, 0.717) is 13.0 Å². The van der Waals surface area contributed by atoms with Gasteiger partial charge in [0.1, 0.15) is 0 Å². The van der Waals surface area contributed by atoms with E-state index in [1.54, 1.807) is 12.0 Å². The van der Waals surface area contributed by atoms with Crippen molar-refractivity contribution in [2.45, 2.75) is 12.8 Å². The zero-order valence-electron chi connectivity index (χ0n) is 9.40. The average molecular weight is 220 g/mol. The number of carbonyl (C=O) groups is 1. The van der Waals surface area contributed by atoms with E-state index in [9.17, 15) is 4.79 Å². The van der Waals surface area contributed by atoms with Crippen LogP contribution in [0.4, 0.5) is 11.4 Å². The molecule has 1 aliphatic heterocycles. The molecule has 0 unspecified atom stereocenters. The number of nitrogens with two attached hydrogens (primary N) is 1. The minimum Gasteiger partial charge on any atom is -0.398 e. The highest BCUT2D eigenvalue weighted by atomic mass is 16.5. The van der Waals surface area contributed by atoms with Crippen molar-refractivity contribution in [2.75, 3.05) is 30.9 Å². The van der Waals surface area contributed by atoms with Gasteiger partial charge in [-0.3, -0.25) is 4.79 Å². The first-order valence-electron chi connectivity index (χ1n) is 5.40. The fourth-order valence-electron chi connectivity index (χ4n) is 2.04. The molecule has 0 fully saturated rings. The van der Waals surface area contributed by atoms with E-state index in [0.717, 1.165) is 29.9 Å². The van der Waals surface area contributed by atoms with E-state index < -0.39 is 0 Å². The molecule has 4 heteroatoms. The first-order chi connectivity index (χ1) is 7.74. The number of methoxy groups -OCH3 is 1. The molecule has 0 aliphatic carbocycles. The third-order valence-electron chi connectivity index (χ3n) is 2.88. The molecule has 0 atom stereocenters. The number of benzene rings is 1. The summed E-state index contributed by atoms with van der Waals surface area (Å²) in [7, 11) is 1.60. The van der Waals surface area contributed by atoms with Crippen LogP contribution >= 0.6 is 0 Å². The van der Waals surface area contributed by atoms with Gasteiger partial charge in [-0.25, -0.2) is 0 Å². The van der Waals surface area contributed by atoms with Crippen molar-refractivity contribution >= 4 is 17.3 Å². The van der Waals surface area contributed by atoms with Gasteiger partial charge < -0.3 is 15.4 Å². The van der Waals surface area contributed by atoms with E-state index in [2.05, 4.69) is 0 Å². The molecular weight excluding hydrogens is 204 g/mol. The van der Waals surface area contributed by atoms with E-state index in [-0.39, 0.29) is 5.91 Å². The van der Waals surface area contributed by atoms with Crippen LogP contribution < -0.4 is 10.6 Å². The molecule has 0 aromatic heterocycles.